The van der Waals surface area contributed by atoms with Crippen LogP contribution in [0, 0.1) is 33.6 Å². The average Bonchev–Trinajstić information content (AvgIpc) is 2.12. The van der Waals surface area contributed by atoms with E-state index >= 15 is 0 Å². The van der Waals surface area contributed by atoms with Gasteiger partial charge in [-0.3, -0.25) is 10.1 Å². The van der Waals surface area contributed by atoms with Gasteiger partial charge in [-0.1, -0.05) is 11.8 Å². The highest BCUT2D eigenvalue weighted by atomic mass is 32.1. The summed E-state index contributed by atoms with van der Waals surface area (Å²) in [5, 5.41) is 10.5. The summed E-state index contributed by atoms with van der Waals surface area (Å²) in [5.41, 5.74) is -1.10. The summed E-state index contributed by atoms with van der Waals surface area (Å²) in [6.07, 6.45) is 0. The van der Waals surface area contributed by atoms with Gasteiger partial charge in [-0.05, 0) is 6.07 Å². The molecule has 0 aliphatic carbocycles. The van der Waals surface area contributed by atoms with Crippen molar-refractivity contribution in [3.8, 4) is 11.8 Å². The lowest BCUT2D eigenvalue weighted by Crippen LogP contribution is -1.97. The lowest BCUT2D eigenvalue weighted by molar-refractivity contribution is -0.387. The van der Waals surface area contributed by atoms with Crippen LogP contribution in [0.3, 0.4) is 0 Å². The molecule has 0 aliphatic rings. The smallest absolute Gasteiger partial charge is 0.258 e. The Hall–Kier alpha value is -1.61. The molecule has 6 heteroatoms. The average molecular weight is 229 g/mol. The minimum Gasteiger partial charge on any atom is -0.258 e. The topological polar surface area (TPSA) is 43.1 Å². The molecule has 0 N–H and O–H groups in total. The predicted octanol–water partition coefficient (Wildman–Crippen LogP) is 2.15. The van der Waals surface area contributed by atoms with Crippen LogP contribution < -0.4 is 0 Å². The molecule has 15 heavy (non-hydrogen) atoms. The van der Waals surface area contributed by atoms with Crippen LogP contribution in [0.5, 0.6) is 0 Å². The molecule has 0 amide bonds. The zero-order valence-corrected chi connectivity index (χ0v) is 8.22. The molecular formula is C9H5F2NO2S. The highest BCUT2D eigenvalue weighted by molar-refractivity contribution is 7.80. The summed E-state index contributed by atoms with van der Waals surface area (Å²) < 4.78 is 25.8. The maximum atomic E-state index is 13.0. The van der Waals surface area contributed by atoms with E-state index in [9.17, 15) is 18.9 Å². The van der Waals surface area contributed by atoms with Gasteiger partial charge in [-0.25, -0.2) is 4.39 Å². The third-order valence-electron chi connectivity index (χ3n) is 1.51. The summed E-state index contributed by atoms with van der Waals surface area (Å²) in [6.45, 7) is 0. The van der Waals surface area contributed by atoms with Crippen molar-refractivity contribution in [2.24, 2.45) is 0 Å². The molecule has 78 valence electrons. The standard InChI is InChI=1S/C9H5F2NO2S/c10-7-4-6(2-1-3-15)9(12(13)14)8(11)5-7/h4-5,15H,3H2. The molecule has 0 unspecified atom stereocenters. The highest BCUT2D eigenvalue weighted by Crippen LogP contribution is 2.23. The number of hydrogen-bond acceptors (Lipinski definition) is 3. The summed E-state index contributed by atoms with van der Waals surface area (Å²) in [5.74, 6) is 2.68. The van der Waals surface area contributed by atoms with Crippen molar-refractivity contribution in [3.63, 3.8) is 0 Å². The molecule has 1 rings (SSSR count). The second kappa shape index (κ2) is 4.75. The molecule has 0 fully saturated rings. The fourth-order valence-corrected chi connectivity index (χ4v) is 1.06. The van der Waals surface area contributed by atoms with Crippen LogP contribution in [0.25, 0.3) is 0 Å². The summed E-state index contributed by atoms with van der Waals surface area (Å²) in [7, 11) is 0. The van der Waals surface area contributed by atoms with Gasteiger partial charge < -0.3 is 0 Å². The Labute approximate surface area is 89.7 Å². The van der Waals surface area contributed by atoms with Crippen molar-refractivity contribution in [1.82, 2.24) is 0 Å². The highest BCUT2D eigenvalue weighted by Gasteiger charge is 2.20. The van der Waals surface area contributed by atoms with E-state index < -0.39 is 22.2 Å². The van der Waals surface area contributed by atoms with Gasteiger partial charge in [0, 0.05) is 6.07 Å². The van der Waals surface area contributed by atoms with Crippen LogP contribution in [0.15, 0.2) is 12.1 Å². The Bertz CT molecular complexity index is 465. The van der Waals surface area contributed by atoms with Gasteiger partial charge in [0.1, 0.15) is 11.4 Å². The molecule has 0 saturated carbocycles. The van der Waals surface area contributed by atoms with E-state index in [0.717, 1.165) is 6.07 Å². The van der Waals surface area contributed by atoms with E-state index in [-0.39, 0.29) is 11.3 Å². The van der Waals surface area contributed by atoms with Crippen molar-refractivity contribution >= 4 is 18.3 Å². The minimum atomic E-state index is -1.23. The van der Waals surface area contributed by atoms with Crippen LogP contribution in [-0.2, 0) is 0 Å². The molecular weight excluding hydrogens is 224 g/mol. The number of halogens is 2. The van der Waals surface area contributed by atoms with Crippen LogP contribution in [0.2, 0.25) is 0 Å². The minimum absolute atomic E-state index is 0.148. The van der Waals surface area contributed by atoms with Gasteiger partial charge in [0.2, 0.25) is 5.82 Å². The monoisotopic (exact) mass is 229 g/mol. The Morgan fingerprint density at radius 1 is 1.47 bits per heavy atom. The van der Waals surface area contributed by atoms with Crippen molar-refractivity contribution in [2.45, 2.75) is 0 Å². The second-order valence-corrected chi connectivity index (χ2v) is 2.82. The maximum Gasteiger partial charge on any atom is 0.320 e. The zero-order chi connectivity index (χ0) is 11.4. The van der Waals surface area contributed by atoms with Gasteiger partial charge in [0.15, 0.2) is 0 Å². The second-order valence-electron chi connectivity index (χ2n) is 2.50. The van der Waals surface area contributed by atoms with Gasteiger partial charge in [-0.15, -0.1) is 0 Å². The Balaban J connectivity index is 3.40. The molecule has 0 saturated heterocycles. The third-order valence-corrected chi connectivity index (χ3v) is 1.67. The Morgan fingerprint density at radius 3 is 2.67 bits per heavy atom. The fourth-order valence-electron chi connectivity index (χ4n) is 0.982. The lowest BCUT2D eigenvalue weighted by Gasteiger charge is -1.97. The first kappa shape index (κ1) is 11.5. The van der Waals surface area contributed by atoms with E-state index in [1.807, 2.05) is 0 Å². The number of nitro groups is 1. The van der Waals surface area contributed by atoms with Crippen LogP contribution in [0.1, 0.15) is 5.56 Å². The molecule has 0 atom stereocenters. The number of hydrogen-bond donors (Lipinski definition) is 1. The van der Waals surface area contributed by atoms with Gasteiger partial charge in [-0.2, -0.15) is 17.0 Å². The molecule has 0 spiro atoms. The lowest BCUT2D eigenvalue weighted by atomic mass is 10.1. The van der Waals surface area contributed by atoms with Gasteiger partial charge >= 0.3 is 5.69 Å². The van der Waals surface area contributed by atoms with Crippen LogP contribution in [0.4, 0.5) is 14.5 Å². The molecule has 0 heterocycles. The summed E-state index contributed by atoms with van der Waals surface area (Å²) >= 11 is 3.76. The number of rotatable bonds is 1. The number of benzene rings is 1. The first-order valence-corrected chi connectivity index (χ1v) is 4.42. The fraction of sp³-hybridized carbons (Fsp3) is 0.111. The molecule has 1 aromatic rings. The molecule has 0 radical (unpaired) electrons. The van der Waals surface area contributed by atoms with Gasteiger partial charge in [0.05, 0.1) is 10.7 Å². The summed E-state index contributed by atoms with van der Waals surface area (Å²) in [6, 6.07) is 1.27. The third kappa shape index (κ3) is 2.67. The number of thiol groups is 1. The Kier molecular flexibility index (Phi) is 3.63. The van der Waals surface area contributed by atoms with Crippen LogP contribution >= 0.6 is 12.6 Å². The Morgan fingerprint density at radius 2 is 2.13 bits per heavy atom. The van der Waals surface area contributed by atoms with E-state index in [1.54, 1.807) is 0 Å². The van der Waals surface area contributed by atoms with Crippen molar-refractivity contribution in [3.05, 3.63) is 39.4 Å². The number of nitrogens with zero attached hydrogens (tertiary/aromatic N) is 1. The van der Waals surface area contributed by atoms with E-state index in [1.165, 1.54) is 0 Å². The first-order valence-electron chi connectivity index (χ1n) is 3.79. The van der Waals surface area contributed by atoms with E-state index in [0.29, 0.717) is 6.07 Å². The molecule has 0 bridgehead atoms. The van der Waals surface area contributed by atoms with Crippen molar-refractivity contribution in [1.29, 1.82) is 0 Å². The van der Waals surface area contributed by atoms with E-state index in [4.69, 9.17) is 0 Å². The largest absolute Gasteiger partial charge is 0.320 e. The SMILES string of the molecule is O=[N+]([O-])c1c(F)cc(F)cc1C#CCS. The maximum absolute atomic E-state index is 13.0. The normalized spacial score (nSPS) is 9.27. The number of nitro benzene ring substituents is 1. The molecule has 0 aromatic heterocycles. The van der Waals surface area contributed by atoms with Crippen LogP contribution in [-0.4, -0.2) is 10.7 Å². The van der Waals surface area contributed by atoms with Gasteiger partial charge in [0.25, 0.3) is 0 Å². The summed E-state index contributed by atoms with van der Waals surface area (Å²) in [4.78, 5) is 9.54. The van der Waals surface area contributed by atoms with Crippen molar-refractivity contribution < 1.29 is 13.7 Å². The molecule has 1 aromatic carbocycles. The molecule has 0 aliphatic heterocycles. The first-order chi connectivity index (χ1) is 7.06. The molecule has 3 nitrogen and oxygen atoms in total. The van der Waals surface area contributed by atoms with Crippen molar-refractivity contribution in [2.75, 3.05) is 5.75 Å². The quantitative estimate of drug-likeness (QED) is 0.347. The predicted molar refractivity (Wildman–Crippen MR) is 53.7 cm³/mol. The van der Waals surface area contributed by atoms with E-state index in [2.05, 4.69) is 24.5 Å². The zero-order valence-electron chi connectivity index (χ0n) is 7.33.